The van der Waals surface area contributed by atoms with E-state index < -0.39 is 0 Å². The molecule has 0 bridgehead atoms. The number of rotatable bonds is 4. The highest BCUT2D eigenvalue weighted by Crippen LogP contribution is 2.45. The van der Waals surface area contributed by atoms with Crippen molar-refractivity contribution >= 4 is 17.5 Å². The topological polar surface area (TPSA) is 20.3 Å². The first-order valence-electron chi connectivity index (χ1n) is 6.69. The van der Waals surface area contributed by atoms with Gasteiger partial charge in [0.1, 0.15) is 0 Å². The number of nitrogens with zero attached hydrogens (tertiary/aromatic N) is 1. The van der Waals surface area contributed by atoms with Crippen LogP contribution in [0.25, 0.3) is 0 Å². The molecule has 2 nitrogen and oxygen atoms in total. The monoisotopic (exact) mass is 265 g/mol. The third-order valence-corrected chi connectivity index (χ3v) is 4.28. The van der Waals surface area contributed by atoms with E-state index in [1.165, 1.54) is 0 Å². The van der Waals surface area contributed by atoms with Gasteiger partial charge in [0.05, 0.1) is 5.41 Å². The van der Waals surface area contributed by atoms with Crippen molar-refractivity contribution < 1.29 is 4.79 Å². The Balaban J connectivity index is 2.34. The van der Waals surface area contributed by atoms with Crippen LogP contribution in [-0.2, 0) is 10.2 Å². The van der Waals surface area contributed by atoms with Crippen LogP contribution in [0.5, 0.6) is 0 Å². The van der Waals surface area contributed by atoms with Gasteiger partial charge in [0.25, 0.3) is 0 Å². The molecule has 1 aliphatic carbocycles. The van der Waals surface area contributed by atoms with Crippen LogP contribution in [-0.4, -0.2) is 23.9 Å². The molecular formula is C15H20ClNO. The summed E-state index contributed by atoms with van der Waals surface area (Å²) < 4.78 is 0. The Morgan fingerprint density at radius 3 is 2.44 bits per heavy atom. The second-order valence-corrected chi connectivity index (χ2v) is 5.36. The van der Waals surface area contributed by atoms with E-state index in [0.717, 1.165) is 37.9 Å². The second kappa shape index (κ2) is 5.31. The van der Waals surface area contributed by atoms with E-state index in [-0.39, 0.29) is 11.3 Å². The van der Waals surface area contributed by atoms with Gasteiger partial charge >= 0.3 is 0 Å². The fraction of sp³-hybridized carbons (Fsp3) is 0.533. The summed E-state index contributed by atoms with van der Waals surface area (Å²) in [6.45, 7) is 5.62. The Morgan fingerprint density at radius 2 is 2.00 bits per heavy atom. The van der Waals surface area contributed by atoms with Crippen LogP contribution in [0.1, 0.15) is 38.7 Å². The molecule has 0 heterocycles. The fourth-order valence-corrected chi connectivity index (χ4v) is 2.95. The Labute approximate surface area is 114 Å². The van der Waals surface area contributed by atoms with Crippen LogP contribution in [0.4, 0.5) is 0 Å². The SMILES string of the molecule is CCN(CC)C(=O)C1(c2cccc(Cl)c2)CCC1. The third kappa shape index (κ3) is 2.14. The predicted molar refractivity (Wildman–Crippen MR) is 74.9 cm³/mol. The van der Waals surface area contributed by atoms with Crippen molar-refractivity contribution in [3.8, 4) is 0 Å². The zero-order valence-electron chi connectivity index (χ0n) is 11.1. The lowest BCUT2D eigenvalue weighted by molar-refractivity contribution is -0.140. The molecule has 1 amide bonds. The standard InChI is InChI=1S/C15H20ClNO/c1-3-17(4-2)14(18)15(9-6-10-15)12-7-5-8-13(16)11-12/h5,7-8,11H,3-4,6,9-10H2,1-2H3. The summed E-state index contributed by atoms with van der Waals surface area (Å²) in [5.74, 6) is 0.265. The number of amides is 1. The van der Waals surface area contributed by atoms with E-state index in [4.69, 9.17) is 11.6 Å². The Bertz CT molecular complexity index is 436. The zero-order chi connectivity index (χ0) is 13.2. The molecule has 98 valence electrons. The Morgan fingerprint density at radius 1 is 1.33 bits per heavy atom. The molecule has 0 N–H and O–H groups in total. The molecule has 0 atom stereocenters. The van der Waals surface area contributed by atoms with Crippen molar-refractivity contribution in [1.29, 1.82) is 0 Å². The number of hydrogen-bond donors (Lipinski definition) is 0. The minimum atomic E-state index is -0.309. The summed E-state index contributed by atoms with van der Waals surface area (Å²) in [7, 11) is 0. The highest BCUT2D eigenvalue weighted by molar-refractivity contribution is 6.30. The normalized spacial score (nSPS) is 17.1. The summed E-state index contributed by atoms with van der Waals surface area (Å²) in [4.78, 5) is 14.6. The average Bonchev–Trinajstić information content (AvgIpc) is 2.29. The summed E-state index contributed by atoms with van der Waals surface area (Å²) >= 11 is 6.06. The predicted octanol–water partition coefficient (Wildman–Crippen LogP) is 3.63. The lowest BCUT2D eigenvalue weighted by Crippen LogP contribution is -2.51. The van der Waals surface area contributed by atoms with Crippen molar-refractivity contribution in [1.82, 2.24) is 4.90 Å². The molecule has 1 saturated carbocycles. The number of carbonyl (C=O) groups excluding carboxylic acids is 1. The number of likely N-dealkylation sites (N-methyl/N-ethyl adjacent to an activating group) is 1. The lowest BCUT2D eigenvalue weighted by Gasteiger charge is -2.43. The quantitative estimate of drug-likeness (QED) is 0.814. The van der Waals surface area contributed by atoms with Gasteiger partial charge in [0, 0.05) is 18.1 Å². The van der Waals surface area contributed by atoms with Crippen LogP contribution < -0.4 is 0 Å². The van der Waals surface area contributed by atoms with Gasteiger partial charge in [0.15, 0.2) is 0 Å². The molecule has 0 unspecified atom stereocenters. The molecule has 0 spiro atoms. The van der Waals surface area contributed by atoms with E-state index in [1.807, 2.05) is 43.0 Å². The maximum Gasteiger partial charge on any atom is 0.233 e. The van der Waals surface area contributed by atoms with Gasteiger partial charge in [0.2, 0.25) is 5.91 Å². The number of hydrogen-bond acceptors (Lipinski definition) is 1. The van der Waals surface area contributed by atoms with E-state index >= 15 is 0 Å². The molecule has 1 aromatic carbocycles. The maximum atomic E-state index is 12.7. The molecule has 2 rings (SSSR count). The molecular weight excluding hydrogens is 246 g/mol. The summed E-state index contributed by atoms with van der Waals surface area (Å²) in [6.07, 6.45) is 3.02. The smallest absolute Gasteiger partial charge is 0.233 e. The molecule has 0 aromatic heterocycles. The van der Waals surface area contributed by atoms with Crippen LogP contribution >= 0.6 is 11.6 Å². The van der Waals surface area contributed by atoms with Crippen LogP contribution in [0.15, 0.2) is 24.3 Å². The van der Waals surface area contributed by atoms with Gasteiger partial charge < -0.3 is 4.90 Å². The third-order valence-electron chi connectivity index (χ3n) is 4.04. The molecule has 18 heavy (non-hydrogen) atoms. The fourth-order valence-electron chi connectivity index (χ4n) is 2.76. The summed E-state index contributed by atoms with van der Waals surface area (Å²) in [5, 5.41) is 0.714. The van der Waals surface area contributed by atoms with Gasteiger partial charge in [-0.25, -0.2) is 0 Å². The van der Waals surface area contributed by atoms with Crippen molar-refractivity contribution in [2.45, 2.75) is 38.5 Å². The average molecular weight is 266 g/mol. The van der Waals surface area contributed by atoms with Crippen LogP contribution in [0, 0.1) is 0 Å². The first-order valence-corrected chi connectivity index (χ1v) is 7.07. The van der Waals surface area contributed by atoms with Crippen molar-refractivity contribution in [2.24, 2.45) is 0 Å². The molecule has 3 heteroatoms. The largest absolute Gasteiger partial charge is 0.342 e. The summed E-state index contributed by atoms with van der Waals surface area (Å²) in [6, 6.07) is 7.78. The van der Waals surface area contributed by atoms with E-state index in [1.54, 1.807) is 0 Å². The van der Waals surface area contributed by atoms with Gasteiger partial charge in [-0.15, -0.1) is 0 Å². The minimum Gasteiger partial charge on any atom is -0.342 e. The number of carbonyl (C=O) groups is 1. The van der Waals surface area contributed by atoms with Crippen LogP contribution in [0.3, 0.4) is 0 Å². The molecule has 0 aliphatic heterocycles. The molecule has 1 fully saturated rings. The second-order valence-electron chi connectivity index (χ2n) is 4.92. The Kier molecular flexibility index (Phi) is 3.96. The van der Waals surface area contributed by atoms with Crippen molar-refractivity contribution in [2.75, 3.05) is 13.1 Å². The molecule has 0 radical (unpaired) electrons. The van der Waals surface area contributed by atoms with E-state index in [2.05, 4.69) is 0 Å². The van der Waals surface area contributed by atoms with Crippen molar-refractivity contribution in [3.63, 3.8) is 0 Å². The summed E-state index contributed by atoms with van der Waals surface area (Å²) in [5.41, 5.74) is 0.773. The highest BCUT2D eigenvalue weighted by Gasteiger charge is 2.47. The van der Waals surface area contributed by atoms with Gasteiger partial charge in [-0.1, -0.05) is 30.2 Å². The van der Waals surface area contributed by atoms with Gasteiger partial charge in [-0.2, -0.15) is 0 Å². The molecule has 0 saturated heterocycles. The molecule has 1 aliphatic rings. The lowest BCUT2D eigenvalue weighted by atomic mass is 9.63. The van der Waals surface area contributed by atoms with Gasteiger partial charge in [-0.05, 0) is 44.4 Å². The first-order chi connectivity index (χ1) is 8.64. The Hall–Kier alpha value is -1.02. The van der Waals surface area contributed by atoms with E-state index in [9.17, 15) is 4.79 Å². The maximum absolute atomic E-state index is 12.7. The first kappa shape index (κ1) is 13.4. The highest BCUT2D eigenvalue weighted by atomic mass is 35.5. The van der Waals surface area contributed by atoms with E-state index in [0.29, 0.717) is 5.02 Å². The van der Waals surface area contributed by atoms with Crippen molar-refractivity contribution in [3.05, 3.63) is 34.9 Å². The molecule has 1 aromatic rings. The minimum absolute atomic E-state index is 0.265. The number of benzene rings is 1. The van der Waals surface area contributed by atoms with Gasteiger partial charge in [-0.3, -0.25) is 4.79 Å². The van der Waals surface area contributed by atoms with Crippen LogP contribution in [0.2, 0.25) is 5.02 Å². The number of halogens is 1. The zero-order valence-corrected chi connectivity index (χ0v) is 11.8.